The van der Waals surface area contributed by atoms with E-state index in [1.54, 1.807) is 0 Å². The van der Waals surface area contributed by atoms with E-state index in [-0.39, 0.29) is 0 Å². The molecule has 1 aliphatic rings. The van der Waals surface area contributed by atoms with Crippen LogP contribution in [0.5, 0.6) is 0 Å². The molecule has 1 aromatic carbocycles. The average molecular weight is 246 g/mol. The molecule has 0 bridgehead atoms. The molecule has 2 aromatic rings. The first-order valence-corrected chi connectivity index (χ1v) is 7.21. The van der Waals surface area contributed by atoms with Gasteiger partial charge in [-0.05, 0) is 25.0 Å². The Labute approximate surface area is 106 Å². The number of nitrogens with one attached hydrogen (secondary N) is 1. The molecule has 1 heterocycles. The van der Waals surface area contributed by atoms with E-state index < -0.39 is 0 Å². The van der Waals surface area contributed by atoms with E-state index in [4.69, 9.17) is 5.73 Å². The fraction of sp³-hybridized carbons (Fsp3) is 0.429. The lowest BCUT2D eigenvalue weighted by molar-refractivity contribution is 0.453. The van der Waals surface area contributed by atoms with Gasteiger partial charge in [0.05, 0.1) is 5.03 Å². The van der Waals surface area contributed by atoms with Crippen LogP contribution >= 0.6 is 11.8 Å². The second-order valence-electron chi connectivity index (χ2n) is 4.83. The van der Waals surface area contributed by atoms with Crippen LogP contribution in [0.2, 0.25) is 0 Å². The van der Waals surface area contributed by atoms with Gasteiger partial charge < -0.3 is 10.7 Å². The van der Waals surface area contributed by atoms with E-state index >= 15 is 0 Å². The molecule has 3 rings (SSSR count). The molecule has 1 fully saturated rings. The summed E-state index contributed by atoms with van der Waals surface area (Å²) in [5.74, 6) is 0. The molecular formula is C14H18N2S. The number of benzene rings is 1. The molecule has 1 saturated carbocycles. The van der Waals surface area contributed by atoms with Crippen LogP contribution in [0.15, 0.2) is 35.4 Å². The number of rotatable bonds is 2. The van der Waals surface area contributed by atoms with Crippen LogP contribution in [0.4, 0.5) is 0 Å². The maximum atomic E-state index is 6.19. The third kappa shape index (κ3) is 2.35. The highest BCUT2D eigenvalue weighted by Gasteiger charge is 2.23. The van der Waals surface area contributed by atoms with Crippen LogP contribution in [0.25, 0.3) is 10.9 Å². The first-order valence-electron chi connectivity index (χ1n) is 6.33. The van der Waals surface area contributed by atoms with Crippen molar-refractivity contribution in [3.63, 3.8) is 0 Å². The molecule has 0 amide bonds. The van der Waals surface area contributed by atoms with Crippen molar-refractivity contribution >= 4 is 22.7 Å². The maximum absolute atomic E-state index is 6.19. The van der Waals surface area contributed by atoms with Crippen molar-refractivity contribution in [3.8, 4) is 0 Å². The van der Waals surface area contributed by atoms with Crippen LogP contribution in [0.1, 0.15) is 25.7 Å². The summed E-state index contributed by atoms with van der Waals surface area (Å²) >= 11 is 1.92. The van der Waals surface area contributed by atoms with E-state index in [1.165, 1.54) is 41.6 Å². The number of aromatic amines is 1. The van der Waals surface area contributed by atoms with Crippen molar-refractivity contribution in [2.45, 2.75) is 42.0 Å². The topological polar surface area (TPSA) is 41.8 Å². The van der Waals surface area contributed by atoms with Crippen LogP contribution in [-0.2, 0) is 0 Å². The lowest BCUT2D eigenvalue weighted by atomic mass is 9.96. The van der Waals surface area contributed by atoms with Gasteiger partial charge in [0.25, 0.3) is 0 Å². The van der Waals surface area contributed by atoms with Gasteiger partial charge in [0, 0.05) is 22.2 Å². The molecule has 2 unspecified atom stereocenters. The zero-order valence-corrected chi connectivity index (χ0v) is 10.7. The standard InChI is InChI=1S/C14H18N2S/c15-11-6-2-4-8-13(11)17-14-9-10-5-1-3-7-12(10)16-14/h1,3,5,7,9,11,13,16H,2,4,6,8,15H2. The van der Waals surface area contributed by atoms with Crippen molar-refractivity contribution in [2.24, 2.45) is 5.73 Å². The van der Waals surface area contributed by atoms with Gasteiger partial charge in [-0.3, -0.25) is 0 Å². The van der Waals surface area contributed by atoms with Crippen molar-refractivity contribution < 1.29 is 0 Å². The van der Waals surface area contributed by atoms with Crippen molar-refractivity contribution in [1.29, 1.82) is 0 Å². The second-order valence-corrected chi connectivity index (χ2v) is 6.11. The number of nitrogens with two attached hydrogens (primary N) is 1. The van der Waals surface area contributed by atoms with Crippen LogP contribution in [0, 0.1) is 0 Å². The lowest BCUT2D eigenvalue weighted by Crippen LogP contribution is -2.35. The first kappa shape index (κ1) is 11.2. The molecule has 0 saturated heterocycles. The number of aromatic nitrogens is 1. The normalized spacial score (nSPS) is 25.2. The van der Waals surface area contributed by atoms with Crippen LogP contribution in [-0.4, -0.2) is 16.3 Å². The molecule has 0 radical (unpaired) electrons. The predicted octanol–water partition coefficient (Wildman–Crippen LogP) is 3.53. The summed E-state index contributed by atoms with van der Waals surface area (Å²) in [6, 6.07) is 11.0. The molecule has 3 heteroatoms. The molecule has 17 heavy (non-hydrogen) atoms. The average Bonchev–Trinajstić information content (AvgIpc) is 2.74. The highest BCUT2D eigenvalue weighted by Crippen LogP contribution is 2.33. The highest BCUT2D eigenvalue weighted by molar-refractivity contribution is 7.99. The Bertz CT molecular complexity index is 473. The number of H-pyrrole nitrogens is 1. The van der Waals surface area contributed by atoms with Gasteiger partial charge in [0.1, 0.15) is 0 Å². The van der Waals surface area contributed by atoms with Gasteiger partial charge in [0.2, 0.25) is 0 Å². The minimum Gasteiger partial charge on any atom is -0.350 e. The van der Waals surface area contributed by atoms with Gasteiger partial charge in [-0.25, -0.2) is 0 Å². The molecule has 0 spiro atoms. The summed E-state index contributed by atoms with van der Waals surface area (Å²) < 4.78 is 0. The van der Waals surface area contributed by atoms with Crippen LogP contribution in [0.3, 0.4) is 0 Å². The predicted molar refractivity (Wildman–Crippen MR) is 74.4 cm³/mol. The van der Waals surface area contributed by atoms with E-state index in [0.29, 0.717) is 11.3 Å². The Morgan fingerprint density at radius 3 is 2.82 bits per heavy atom. The van der Waals surface area contributed by atoms with Gasteiger partial charge in [-0.2, -0.15) is 0 Å². The van der Waals surface area contributed by atoms with Crippen molar-refractivity contribution in [1.82, 2.24) is 4.98 Å². The number of hydrogen-bond donors (Lipinski definition) is 2. The summed E-state index contributed by atoms with van der Waals surface area (Å²) in [6.45, 7) is 0. The van der Waals surface area contributed by atoms with Gasteiger partial charge in [-0.15, -0.1) is 11.8 Å². The zero-order valence-electron chi connectivity index (χ0n) is 9.86. The van der Waals surface area contributed by atoms with E-state index in [1.807, 2.05) is 11.8 Å². The van der Waals surface area contributed by atoms with E-state index in [9.17, 15) is 0 Å². The Morgan fingerprint density at radius 2 is 2.00 bits per heavy atom. The number of thioether (sulfide) groups is 1. The fourth-order valence-electron chi connectivity index (χ4n) is 2.55. The lowest BCUT2D eigenvalue weighted by Gasteiger charge is -2.27. The van der Waals surface area contributed by atoms with Gasteiger partial charge >= 0.3 is 0 Å². The van der Waals surface area contributed by atoms with Crippen molar-refractivity contribution in [3.05, 3.63) is 30.3 Å². The largest absolute Gasteiger partial charge is 0.350 e. The summed E-state index contributed by atoms with van der Waals surface area (Å²) in [7, 11) is 0. The monoisotopic (exact) mass is 246 g/mol. The molecule has 1 aliphatic carbocycles. The zero-order chi connectivity index (χ0) is 11.7. The summed E-state index contributed by atoms with van der Waals surface area (Å²) in [5, 5.41) is 3.13. The molecule has 2 nitrogen and oxygen atoms in total. The summed E-state index contributed by atoms with van der Waals surface area (Å²) in [5.41, 5.74) is 7.41. The fourth-order valence-corrected chi connectivity index (χ4v) is 3.83. The first-order chi connectivity index (χ1) is 8.33. The Morgan fingerprint density at radius 1 is 1.18 bits per heavy atom. The van der Waals surface area contributed by atoms with Crippen LogP contribution < -0.4 is 5.73 Å². The van der Waals surface area contributed by atoms with Gasteiger partial charge in [-0.1, -0.05) is 31.0 Å². The molecule has 90 valence electrons. The summed E-state index contributed by atoms with van der Waals surface area (Å²) in [6.07, 6.45) is 5.05. The maximum Gasteiger partial charge on any atom is 0.0735 e. The Balaban J connectivity index is 1.79. The highest BCUT2D eigenvalue weighted by atomic mass is 32.2. The SMILES string of the molecule is NC1CCCCC1Sc1cc2ccccc2[nH]1. The summed E-state index contributed by atoms with van der Waals surface area (Å²) in [4.78, 5) is 3.47. The quantitative estimate of drug-likeness (QED) is 0.851. The Kier molecular flexibility index (Phi) is 3.12. The molecule has 0 aliphatic heterocycles. The number of para-hydroxylation sites is 1. The molecule has 1 aromatic heterocycles. The van der Waals surface area contributed by atoms with E-state index in [2.05, 4.69) is 35.3 Å². The van der Waals surface area contributed by atoms with Crippen molar-refractivity contribution in [2.75, 3.05) is 0 Å². The second kappa shape index (κ2) is 4.75. The molecular weight excluding hydrogens is 228 g/mol. The molecule has 3 N–H and O–H groups in total. The van der Waals surface area contributed by atoms with Gasteiger partial charge in [0.15, 0.2) is 0 Å². The minimum absolute atomic E-state index is 0.361. The number of hydrogen-bond acceptors (Lipinski definition) is 2. The minimum atomic E-state index is 0.361. The molecule has 2 atom stereocenters. The number of fused-ring (bicyclic) bond motifs is 1. The third-order valence-corrected chi connectivity index (χ3v) is 4.90. The third-order valence-electron chi connectivity index (χ3n) is 3.54. The smallest absolute Gasteiger partial charge is 0.0735 e. The Hall–Kier alpha value is -0.930. The van der Waals surface area contributed by atoms with E-state index in [0.717, 1.165) is 0 Å².